The maximum absolute atomic E-state index is 9.80. The molecule has 2 aromatic carbocycles. The number of hydrogen-bond acceptors (Lipinski definition) is 4. The van der Waals surface area contributed by atoms with E-state index in [0.29, 0.717) is 11.1 Å². The molecule has 0 aliphatic heterocycles. The molecule has 0 aromatic heterocycles. The lowest BCUT2D eigenvalue weighted by molar-refractivity contribution is 0.477. The molecule has 0 saturated heterocycles. The first-order valence-corrected chi connectivity index (χ1v) is 4.76. The summed E-state index contributed by atoms with van der Waals surface area (Å²) in [4.78, 5) is 0. The van der Waals surface area contributed by atoms with Crippen molar-refractivity contribution < 1.29 is 10.2 Å². The molecule has 82 valence electrons. The summed E-state index contributed by atoms with van der Waals surface area (Å²) in [5.74, 6) is -0.0425. The molecule has 0 amide bonds. The van der Waals surface area contributed by atoms with Gasteiger partial charge in [0, 0.05) is 11.1 Å². The molecule has 2 rings (SSSR count). The monoisotopic (exact) mass is 216 g/mol. The first-order chi connectivity index (χ1) is 7.61. The first kappa shape index (κ1) is 10.2. The van der Waals surface area contributed by atoms with Gasteiger partial charge in [-0.15, -0.1) is 0 Å². The van der Waals surface area contributed by atoms with Crippen LogP contribution in [0.25, 0.3) is 11.1 Å². The summed E-state index contributed by atoms with van der Waals surface area (Å²) in [6.45, 7) is 0. The van der Waals surface area contributed by atoms with Crippen LogP contribution in [0, 0.1) is 0 Å². The van der Waals surface area contributed by atoms with Crippen molar-refractivity contribution in [2.45, 2.75) is 0 Å². The lowest BCUT2D eigenvalue weighted by Gasteiger charge is -2.10. The predicted molar refractivity (Wildman–Crippen MR) is 64.0 cm³/mol. The lowest BCUT2D eigenvalue weighted by atomic mass is 10.0. The number of aromatic hydroxyl groups is 2. The number of nitrogens with two attached hydrogens (primary N) is 2. The van der Waals surface area contributed by atoms with Gasteiger partial charge in [-0.2, -0.15) is 0 Å². The summed E-state index contributed by atoms with van der Waals surface area (Å²) >= 11 is 0. The van der Waals surface area contributed by atoms with Gasteiger partial charge in [-0.25, -0.2) is 0 Å². The number of anilines is 2. The summed E-state index contributed by atoms with van der Waals surface area (Å²) < 4.78 is 0. The topological polar surface area (TPSA) is 92.5 Å². The van der Waals surface area contributed by atoms with Gasteiger partial charge in [0.05, 0.1) is 11.4 Å². The minimum absolute atomic E-state index is 0.0145. The van der Waals surface area contributed by atoms with E-state index in [4.69, 9.17) is 11.5 Å². The molecule has 0 radical (unpaired) electrons. The van der Waals surface area contributed by atoms with Crippen molar-refractivity contribution in [2.24, 2.45) is 0 Å². The van der Waals surface area contributed by atoms with Crippen LogP contribution in [-0.4, -0.2) is 10.2 Å². The van der Waals surface area contributed by atoms with E-state index in [1.54, 1.807) is 30.3 Å². The van der Waals surface area contributed by atoms with Gasteiger partial charge in [0.15, 0.2) is 0 Å². The van der Waals surface area contributed by atoms with Gasteiger partial charge in [-0.1, -0.05) is 24.3 Å². The Balaban J connectivity index is 2.68. The summed E-state index contributed by atoms with van der Waals surface area (Å²) in [6.07, 6.45) is 0. The number of phenols is 2. The Labute approximate surface area is 92.8 Å². The third kappa shape index (κ3) is 1.50. The average Bonchev–Trinajstić information content (AvgIpc) is 2.27. The zero-order valence-electron chi connectivity index (χ0n) is 8.51. The van der Waals surface area contributed by atoms with Gasteiger partial charge in [-0.3, -0.25) is 0 Å². The van der Waals surface area contributed by atoms with E-state index >= 15 is 0 Å². The van der Waals surface area contributed by atoms with Crippen LogP contribution in [0.2, 0.25) is 0 Å². The van der Waals surface area contributed by atoms with E-state index in [-0.39, 0.29) is 22.9 Å². The third-order valence-corrected chi connectivity index (χ3v) is 2.44. The van der Waals surface area contributed by atoms with Crippen molar-refractivity contribution in [3.63, 3.8) is 0 Å². The highest BCUT2D eigenvalue weighted by Crippen LogP contribution is 2.39. The number of para-hydroxylation sites is 2. The van der Waals surface area contributed by atoms with E-state index < -0.39 is 0 Å². The van der Waals surface area contributed by atoms with Crippen molar-refractivity contribution in [1.29, 1.82) is 0 Å². The number of nitrogen functional groups attached to an aromatic ring is 2. The predicted octanol–water partition coefficient (Wildman–Crippen LogP) is 1.93. The Morgan fingerprint density at radius 2 is 1.44 bits per heavy atom. The maximum Gasteiger partial charge on any atom is 0.146 e. The zero-order chi connectivity index (χ0) is 11.7. The van der Waals surface area contributed by atoms with E-state index in [0.717, 1.165) is 0 Å². The SMILES string of the molecule is Nc1cccc(-c2cccc(O)c2N)c1O. The molecule has 0 saturated carbocycles. The minimum Gasteiger partial charge on any atom is -0.506 e. The second-order valence-electron chi connectivity index (χ2n) is 3.48. The Bertz CT molecular complexity index is 489. The van der Waals surface area contributed by atoms with E-state index in [9.17, 15) is 10.2 Å². The molecule has 6 N–H and O–H groups in total. The van der Waals surface area contributed by atoms with E-state index in [1.165, 1.54) is 6.07 Å². The minimum atomic E-state index is -0.0280. The maximum atomic E-state index is 9.80. The first-order valence-electron chi connectivity index (χ1n) is 4.76. The summed E-state index contributed by atoms with van der Waals surface area (Å²) in [5.41, 5.74) is 12.9. The van der Waals surface area contributed by atoms with Crippen LogP contribution in [0.15, 0.2) is 36.4 Å². The van der Waals surface area contributed by atoms with Crippen LogP contribution in [0.3, 0.4) is 0 Å². The molecular formula is C12H12N2O2. The second kappa shape index (κ2) is 3.66. The van der Waals surface area contributed by atoms with Crippen LogP contribution >= 0.6 is 0 Å². The van der Waals surface area contributed by atoms with Crippen LogP contribution < -0.4 is 11.5 Å². The molecule has 0 bridgehead atoms. The van der Waals surface area contributed by atoms with Gasteiger partial charge in [0.1, 0.15) is 11.5 Å². The highest BCUT2D eigenvalue weighted by atomic mass is 16.3. The molecule has 0 aliphatic rings. The molecule has 0 spiro atoms. The standard InChI is InChI=1S/C12H12N2O2/c13-9-5-1-4-8(12(9)16)7-3-2-6-10(15)11(7)14/h1-6,15-16H,13-14H2. The van der Waals surface area contributed by atoms with Crippen molar-refractivity contribution in [2.75, 3.05) is 11.5 Å². The van der Waals surface area contributed by atoms with Crippen molar-refractivity contribution in [1.82, 2.24) is 0 Å². The molecule has 4 heteroatoms. The lowest BCUT2D eigenvalue weighted by Crippen LogP contribution is -1.92. The number of benzene rings is 2. The van der Waals surface area contributed by atoms with Gasteiger partial charge >= 0.3 is 0 Å². The number of phenolic OH excluding ortho intramolecular Hbond substituents is 2. The highest BCUT2D eigenvalue weighted by molar-refractivity contribution is 5.86. The summed E-state index contributed by atoms with van der Waals surface area (Å²) in [6, 6.07) is 9.86. The summed E-state index contributed by atoms with van der Waals surface area (Å²) in [5, 5.41) is 19.3. The normalized spacial score (nSPS) is 10.2. The quantitative estimate of drug-likeness (QED) is 0.433. The molecule has 0 unspecified atom stereocenters. The van der Waals surface area contributed by atoms with Crippen LogP contribution in [0.1, 0.15) is 0 Å². The van der Waals surface area contributed by atoms with Crippen LogP contribution in [-0.2, 0) is 0 Å². The Kier molecular flexibility index (Phi) is 2.32. The smallest absolute Gasteiger partial charge is 0.146 e. The molecule has 16 heavy (non-hydrogen) atoms. The van der Waals surface area contributed by atoms with Gasteiger partial charge < -0.3 is 21.7 Å². The molecule has 4 nitrogen and oxygen atoms in total. The summed E-state index contributed by atoms with van der Waals surface area (Å²) in [7, 11) is 0. The number of hydrogen-bond donors (Lipinski definition) is 4. The fourth-order valence-corrected chi connectivity index (χ4v) is 1.57. The highest BCUT2D eigenvalue weighted by Gasteiger charge is 2.11. The average molecular weight is 216 g/mol. The Hall–Kier alpha value is -2.36. The number of rotatable bonds is 1. The fraction of sp³-hybridized carbons (Fsp3) is 0. The van der Waals surface area contributed by atoms with Gasteiger partial charge in [0.25, 0.3) is 0 Å². The molecule has 0 heterocycles. The molecule has 0 fully saturated rings. The van der Waals surface area contributed by atoms with Gasteiger partial charge in [-0.05, 0) is 12.1 Å². The van der Waals surface area contributed by atoms with E-state index in [2.05, 4.69) is 0 Å². The molecule has 0 aliphatic carbocycles. The van der Waals surface area contributed by atoms with Crippen LogP contribution in [0.5, 0.6) is 11.5 Å². The van der Waals surface area contributed by atoms with Crippen LogP contribution in [0.4, 0.5) is 11.4 Å². The second-order valence-corrected chi connectivity index (χ2v) is 3.48. The van der Waals surface area contributed by atoms with Gasteiger partial charge in [0.2, 0.25) is 0 Å². The molecular weight excluding hydrogens is 204 g/mol. The van der Waals surface area contributed by atoms with Crippen molar-refractivity contribution >= 4 is 11.4 Å². The van der Waals surface area contributed by atoms with E-state index in [1.807, 2.05) is 0 Å². The molecule has 0 atom stereocenters. The molecule has 2 aromatic rings. The van der Waals surface area contributed by atoms with Crippen molar-refractivity contribution in [3.05, 3.63) is 36.4 Å². The fourth-order valence-electron chi connectivity index (χ4n) is 1.57. The third-order valence-electron chi connectivity index (χ3n) is 2.44. The Morgan fingerprint density at radius 3 is 2.19 bits per heavy atom. The zero-order valence-corrected chi connectivity index (χ0v) is 8.51. The largest absolute Gasteiger partial charge is 0.506 e. The Morgan fingerprint density at radius 1 is 0.812 bits per heavy atom. The van der Waals surface area contributed by atoms with Crippen molar-refractivity contribution in [3.8, 4) is 22.6 Å².